The number of hydrogen-bond donors (Lipinski definition) is 2. The van der Waals surface area contributed by atoms with Crippen LogP contribution in [0.25, 0.3) is 0 Å². The van der Waals surface area contributed by atoms with E-state index in [1.54, 1.807) is 13.2 Å². The van der Waals surface area contributed by atoms with E-state index in [-0.39, 0.29) is 46.3 Å². The van der Waals surface area contributed by atoms with Gasteiger partial charge in [-0.3, -0.25) is 39.1 Å². The van der Waals surface area contributed by atoms with Crippen molar-refractivity contribution >= 4 is 46.6 Å². The smallest absolute Gasteiger partial charge is 0.287 e. The number of imide groups is 2. The van der Waals surface area contributed by atoms with Gasteiger partial charge in [-0.2, -0.15) is 5.10 Å². The summed E-state index contributed by atoms with van der Waals surface area (Å²) in [6.45, 7) is 4.87. The van der Waals surface area contributed by atoms with Crippen molar-refractivity contribution in [2.24, 2.45) is 7.05 Å². The second-order valence-electron chi connectivity index (χ2n) is 13.6. The zero-order valence-electron chi connectivity index (χ0n) is 27.8. The molecule has 0 saturated carbocycles. The summed E-state index contributed by atoms with van der Waals surface area (Å²) in [6, 6.07) is 10.2. The maximum absolute atomic E-state index is 15.4. The number of aryl methyl sites for hydroxylation is 1. The number of carbonyl (C=O) groups excluding carboxylic acids is 4. The molecule has 13 nitrogen and oxygen atoms in total. The SMILES string of the molecule is CN1C[C@H](Nc2cnn(C)c(=O)c2Cl)C[C@H](c2ccc(CN3CCN(c4cc5c(cc4F)C(=O)N(C4CCC(=O)NC4=O)C5=O)CC3)cc2)C1. The third kappa shape index (κ3) is 6.50. The topological polar surface area (TPSA) is 140 Å². The number of likely N-dealkylation sites (N-methyl/N-ethyl adjacent to an activating group) is 1. The van der Waals surface area contributed by atoms with Crippen LogP contribution in [-0.4, -0.2) is 107 Å². The van der Waals surface area contributed by atoms with E-state index in [2.05, 4.69) is 56.8 Å². The molecule has 4 amide bonds. The fraction of sp³-hybridized carbons (Fsp3) is 0.429. The summed E-state index contributed by atoms with van der Waals surface area (Å²) in [6.07, 6.45) is 2.53. The van der Waals surface area contributed by atoms with Crippen LogP contribution in [-0.2, 0) is 23.2 Å². The molecular weight excluding hydrogens is 667 g/mol. The Morgan fingerprint density at radius 3 is 2.36 bits per heavy atom. The summed E-state index contributed by atoms with van der Waals surface area (Å²) in [4.78, 5) is 69.8. The van der Waals surface area contributed by atoms with Crippen LogP contribution in [0.3, 0.4) is 0 Å². The largest absolute Gasteiger partial charge is 0.378 e. The highest BCUT2D eigenvalue weighted by Gasteiger charge is 2.45. The maximum atomic E-state index is 15.4. The lowest BCUT2D eigenvalue weighted by molar-refractivity contribution is -0.136. The molecule has 262 valence electrons. The molecule has 0 aliphatic carbocycles. The summed E-state index contributed by atoms with van der Waals surface area (Å²) >= 11 is 6.30. The Morgan fingerprint density at radius 1 is 0.960 bits per heavy atom. The zero-order valence-corrected chi connectivity index (χ0v) is 28.6. The van der Waals surface area contributed by atoms with Crippen molar-refractivity contribution in [3.05, 3.63) is 86.0 Å². The van der Waals surface area contributed by atoms with E-state index in [0.717, 1.165) is 37.0 Å². The number of benzene rings is 2. The summed E-state index contributed by atoms with van der Waals surface area (Å²) < 4.78 is 16.6. The van der Waals surface area contributed by atoms with Crippen molar-refractivity contribution in [1.29, 1.82) is 0 Å². The normalized spacial score (nSPS) is 23.3. The Morgan fingerprint density at radius 2 is 1.66 bits per heavy atom. The Balaban J connectivity index is 0.953. The molecule has 1 aromatic heterocycles. The Hall–Kier alpha value is -4.66. The van der Waals surface area contributed by atoms with Crippen molar-refractivity contribution in [3.8, 4) is 0 Å². The van der Waals surface area contributed by atoms with Gasteiger partial charge in [0, 0.05) is 65.3 Å². The highest BCUT2D eigenvalue weighted by atomic mass is 35.5. The third-order valence-electron chi connectivity index (χ3n) is 10.1. The summed E-state index contributed by atoms with van der Waals surface area (Å²) in [5, 5.41) is 9.83. The highest BCUT2D eigenvalue weighted by molar-refractivity contribution is 6.33. The molecule has 3 fully saturated rings. The molecule has 5 heterocycles. The van der Waals surface area contributed by atoms with E-state index < -0.39 is 35.5 Å². The van der Waals surface area contributed by atoms with E-state index in [9.17, 15) is 24.0 Å². The molecule has 15 heteroatoms. The summed E-state index contributed by atoms with van der Waals surface area (Å²) in [7, 11) is 3.65. The van der Waals surface area contributed by atoms with E-state index in [1.165, 1.54) is 21.9 Å². The Bertz CT molecular complexity index is 1930. The lowest BCUT2D eigenvalue weighted by Crippen LogP contribution is -2.54. The molecule has 3 aromatic rings. The van der Waals surface area contributed by atoms with Crippen LogP contribution in [0.15, 0.2) is 47.4 Å². The summed E-state index contributed by atoms with van der Waals surface area (Å²) in [5.74, 6) is -2.84. The molecule has 7 rings (SSSR count). The molecule has 3 atom stereocenters. The first-order chi connectivity index (χ1) is 24.0. The highest BCUT2D eigenvalue weighted by Crippen LogP contribution is 2.34. The fourth-order valence-electron chi connectivity index (χ4n) is 7.52. The van der Waals surface area contributed by atoms with Gasteiger partial charge in [0.2, 0.25) is 11.8 Å². The minimum atomic E-state index is -1.10. The van der Waals surface area contributed by atoms with Crippen LogP contribution in [0.1, 0.15) is 57.0 Å². The van der Waals surface area contributed by atoms with Crippen molar-refractivity contribution in [2.45, 2.75) is 43.8 Å². The number of hydrogen-bond acceptors (Lipinski definition) is 10. The van der Waals surface area contributed by atoms with Gasteiger partial charge in [-0.1, -0.05) is 35.9 Å². The predicted molar refractivity (Wildman–Crippen MR) is 184 cm³/mol. The fourth-order valence-corrected chi connectivity index (χ4v) is 7.74. The number of rotatable bonds is 7. The van der Waals surface area contributed by atoms with Gasteiger partial charge in [-0.15, -0.1) is 0 Å². The first kappa shape index (κ1) is 33.8. The molecule has 4 aliphatic heterocycles. The lowest BCUT2D eigenvalue weighted by atomic mass is 9.87. The van der Waals surface area contributed by atoms with E-state index in [4.69, 9.17) is 11.6 Å². The van der Waals surface area contributed by atoms with Crippen molar-refractivity contribution in [1.82, 2.24) is 29.8 Å². The number of amides is 4. The van der Waals surface area contributed by atoms with Crippen LogP contribution >= 0.6 is 11.6 Å². The average molecular weight is 705 g/mol. The van der Waals surface area contributed by atoms with E-state index >= 15 is 4.39 Å². The summed E-state index contributed by atoms with van der Waals surface area (Å²) in [5.41, 5.74) is 2.86. The van der Waals surface area contributed by atoms with Crippen LogP contribution in [0.2, 0.25) is 5.02 Å². The monoisotopic (exact) mass is 704 g/mol. The van der Waals surface area contributed by atoms with Gasteiger partial charge in [-0.25, -0.2) is 9.07 Å². The van der Waals surface area contributed by atoms with Crippen LogP contribution in [0, 0.1) is 5.82 Å². The number of fused-ring (bicyclic) bond motifs is 1. The molecule has 4 aliphatic rings. The van der Waals surface area contributed by atoms with Crippen LogP contribution < -0.4 is 21.1 Å². The van der Waals surface area contributed by atoms with Crippen molar-refractivity contribution < 1.29 is 23.6 Å². The second-order valence-corrected chi connectivity index (χ2v) is 14.0. The maximum Gasteiger partial charge on any atom is 0.287 e. The number of anilines is 2. The number of carbonyl (C=O) groups is 4. The van der Waals surface area contributed by atoms with Gasteiger partial charge in [0.15, 0.2) is 0 Å². The molecule has 0 bridgehead atoms. The minimum absolute atomic E-state index is 0.0164. The minimum Gasteiger partial charge on any atom is -0.378 e. The molecule has 0 radical (unpaired) electrons. The lowest BCUT2D eigenvalue weighted by Gasteiger charge is -2.37. The molecule has 2 aromatic carbocycles. The second kappa shape index (κ2) is 13.6. The van der Waals surface area contributed by atoms with E-state index in [0.29, 0.717) is 37.8 Å². The number of aromatic nitrogens is 2. The Kier molecular flexibility index (Phi) is 9.18. The number of nitrogens with one attached hydrogen (secondary N) is 2. The molecule has 2 N–H and O–H groups in total. The quantitative estimate of drug-likeness (QED) is 0.352. The molecule has 50 heavy (non-hydrogen) atoms. The number of piperazine rings is 1. The molecule has 1 unspecified atom stereocenters. The number of piperidine rings is 2. The average Bonchev–Trinajstić information content (AvgIpc) is 3.33. The number of likely N-dealkylation sites (tertiary alicyclic amines) is 1. The first-order valence-electron chi connectivity index (χ1n) is 16.7. The van der Waals surface area contributed by atoms with Crippen LogP contribution in [0.4, 0.5) is 15.8 Å². The first-order valence-corrected chi connectivity index (χ1v) is 17.1. The van der Waals surface area contributed by atoms with Crippen LogP contribution in [0.5, 0.6) is 0 Å². The third-order valence-corrected chi connectivity index (χ3v) is 10.5. The van der Waals surface area contributed by atoms with E-state index in [1.807, 2.05) is 4.90 Å². The zero-order chi connectivity index (χ0) is 35.3. The van der Waals surface area contributed by atoms with Gasteiger partial charge in [0.1, 0.15) is 16.9 Å². The number of halogens is 2. The Labute approximate surface area is 292 Å². The molecular formula is C35H38ClFN8O5. The van der Waals surface area contributed by atoms with Gasteiger partial charge in [0.05, 0.1) is 28.7 Å². The van der Waals surface area contributed by atoms with Gasteiger partial charge >= 0.3 is 0 Å². The predicted octanol–water partition coefficient (Wildman–Crippen LogP) is 2.20. The van der Waals surface area contributed by atoms with Gasteiger partial charge in [-0.05, 0) is 49.1 Å². The van der Waals surface area contributed by atoms with Gasteiger partial charge < -0.3 is 15.1 Å². The van der Waals surface area contributed by atoms with Gasteiger partial charge in [0.25, 0.3) is 17.4 Å². The molecule has 3 saturated heterocycles. The van der Waals surface area contributed by atoms with Crippen molar-refractivity contribution in [2.75, 3.05) is 56.5 Å². The van der Waals surface area contributed by atoms with Crippen molar-refractivity contribution in [3.63, 3.8) is 0 Å². The standard InChI is InChI=1S/C35H38ClFN8O5/c1-41-18-22(13-23(19-41)39-27-16-38-42(2)35(50)31(27)36)21-5-3-20(4-6-21)17-43-9-11-44(12-10-43)29-15-25-24(14-26(29)37)33(48)45(34(25)49)28-7-8-30(46)40-32(28)47/h3-6,14-16,22-23,28,39H,7-13,17-19H2,1-2H3,(H,40,46,47)/t22-,23+,28?/m0/s1. The number of nitrogens with zero attached hydrogens (tertiary/aromatic N) is 6. The molecule has 0 spiro atoms.